The fourth-order valence-corrected chi connectivity index (χ4v) is 12.0. The number of ether oxygens (including phenoxy) is 2. The normalized spacial score (nSPS) is 21.3. The number of para-hydroxylation sites is 1. The van der Waals surface area contributed by atoms with Crippen molar-refractivity contribution in [2.24, 2.45) is 7.05 Å². The minimum absolute atomic E-state index is 0.0870. The molecule has 3 aromatic carbocycles. The van der Waals surface area contributed by atoms with Gasteiger partial charge in [0.1, 0.15) is 42.4 Å². The predicted molar refractivity (Wildman–Crippen MR) is 267 cm³/mol. The lowest BCUT2D eigenvalue weighted by atomic mass is 9.87. The van der Waals surface area contributed by atoms with Crippen LogP contribution in [0.3, 0.4) is 0 Å². The number of hydrogen-bond donors (Lipinski definition) is 3. The second-order valence-corrected chi connectivity index (χ2v) is 22.7. The minimum atomic E-state index is -2.61. The van der Waals surface area contributed by atoms with E-state index in [4.69, 9.17) is 19.4 Å². The Kier molecular flexibility index (Phi) is 13.1. The summed E-state index contributed by atoms with van der Waals surface area (Å²) in [5.41, 5.74) is 6.28. The maximum atomic E-state index is 14.8. The number of hydrogen-bond acceptors (Lipinski definition) is 14. The van der Waals surface area contributed by atoms with Crippen LogP contribution in [0.2, 0.25) is 0 Å². The Morgan fingerprint density at radius 3 is 2.30 bits per heavy atom. The average molecular weight is 974 g/mol. The Morgan fingerprint density at radius 1 is 0.871 bits per heavy atom. The molecule has 6 heterocycles. The van der Waals surface area contributed by atoms with Gasteiger partial charge in [-0.05, 0) is 68.8 Å². The van der Waals surface area contributed by atoms with Crippen LogP contribution in [0.15, 0.2) is 67.1 Å². The largest absolute Gasteiger partial charge is 0.494 e. The number of anilines is 5. The summed E-state index contributed by atoms with van der Waals surface area (Å²) in [6, 6.07) is 14.6. The third kappa shape index (κ3) is 9.60. The first-order chi connectivity index (χ1) is 33.7. The Hall–Kier alpha value is -6.36. The van der Waals surface area contributed by atoms with E-state index in [9.17, 15) is 23.3 Å². The van der Waals surface area contributed by atoms with Crippen molar-refractivity contribution >= 4 is 59.0 Å². The Balaban J connectivity index is 0.739. The van der Waals surface area contributed by atoms with Crippen LogP contribution in [0.4, 0.5) is 33.2 Å². The Morgan fingerprint density at radius 2 is 1.61 bits per heavy atom. The second-order valence-electron chi connectivity index (χ2n) is 19.5. The molecule has 5 aromatic rings. The van der Waals surface area contributed by atoms with Gasteiger partial charge in [-0.3, -0.25) is 34.2 Å². The van der Waals surface area contributed by atoms with Crippen LogP contribution >= 0.6 is 7.14 Å². The van der Waals surface area contributed by atoms with Crippen LogP contribution < -0.4 is 35.6 Å². The highest BCUT2D eigenvalue weighted by Gasteiger charge is 2.43. The molecule has 1 aliphatic carbocycles. The lowest BCUT2D eigenvalue weighted by Crippen LogP contribution is -2.58. The van der Waals surface area contributed by atoms with Crippen molar-refractivity contribution in [2.75, 3.05) is 75.2 Å². The molecule has 1 atom stereocenters. The number of fused-ring (bicyclic) bond motifs is 1. The molecule has 4 fully saturated rings. The van der Waals surface area contributed by atoms with Crippen molar-refractivity contribution in [3.8, 4) is 22.6 Å². The van der Waals surface area contributed by atoms with Crippen molar-refractivity contribution in [3.05, 3.63) is 89.6 Å². The number of halogens is 1. The van der Waals surface area contributed by atoms with Crippen molar-refractivity contribution in [3.63, 3.8) is 0 Å². The van der Waals surface area contributed by atoms with Gasteiger partial charge >= 0.3 is 0 Å². The van der Waals surface area contributed by atoms with E-state index in [1.807, 2.05) is 37.5 Å². The number of benzene rings is 3. The van der Waals surface area contributed by atoms with Crippen LogP contribution in [-0.4, -0.2) is 136 Å². The fraction of sp³-hybridized carbons (Fsp3) is 0.451. The fourth-order valence-electron chi connectivity index (χ4n) is 10.8. The number of nitrogens with one attached hydrogen (secondary N) is 3. The molecule has 0 spiro atoms. The first-order valence-corrected chi connectivity index (χ1v) is 27.0. The van der Waals surface area contributed by atoms with Crippen LogP contribution in [0, 0.1) is 5.82 Å². The zero-order valence-corrected chi connectivity index (χ0v) is 41.3. The van der Waals surface area contributed by atoms with E-state index in [-0.39, 0.29) is 37.0 Å². The number of amides is 3. The molecule has 5 aliphatic rings. The highest BCUT2D eigenvalue weighted by atomic mass is 31.2. The van der Waals surface area contributed by atoms with Gasteiger partial charge in [0.2, 0.25) is 17.8 Å². The summed E-state index contributed by atoms with van der Waals surface area (Å²) in [4.78, 5) is 56.4. The van der Waals surface area contributed by atoms with Gasteiger partial charge in [0, 0.05) is 130 Å². The molecule has 1 unspecified atom stereocenters. The van der Waals surface area contributed by atoms with Crippen molar-refractivity contribution in [1.29, 1.82) is 0 Å². The lowest BCUT2D eigenvalue weighted by Gasteiger charge is -2.48. The van der Waals surface area contributed by atoms with E-state index in [0.717, 1.165) is 99.2 Å². The van der Waals surface area contributed by atoms with E-state index in [1.54, 1.807) is 37.5 Å². The number of rotatable bonds is 14. The van der Waals surface area contributed by atoms with Crippen LogP contribution in [0.5, 0.6) is 11.5 Å². The molecule has 2 aromatic heterocycles. The summed E-state index contributed by atoms with van der Waals surface area (Å²) in [5.74, 6) is 0.185. The molecular formula is C51H61FN11O6P. The lowest BCUT2D eigenvalue weighted by molar-refractivity contribution is -0.136. The molecule has 0 bridgehead atoms. The monoisotopic (exact) mass is 973 g/mol. The van der Waals surface area contributed by atoms with Gasteiger partial charge in [0.25, 0.3) is 5.91 Å². The maximum Gasteiger partial charge on any atom is 0.255 e. The summed E-state index contributed by atoms with van der Waals surface area (Å²) in [6.07, 6.45) is 10.4. The summed E-state index contributed by atoms with van der Waals surface area (Å²) in [6.45, 7) is 11.7. The summed E-state index contributed by atoms with van der Waals surface area (Å²) in [5, 5.41) is 14.3. The number of nitrogens with zero attached hydrogens (tertiary/aromatic N) is 8. The van der Waals surface area contributed by atoms with Gasteiger partial charge in [-0.25, -0.2) is 9.37 Å². The van der Waals surface area contributed by atoms with Crippen molar-refractivity contribution in [1.82, 2.24) is 39.8 Å². The molecule has 17 nitrogen and oxygen atoms in total. The molecule has 3 saturated heterocycles. The third-order valence-electron chi connectivity index (χ3n) is 14.7. The van der Waals surface area contributed by atoms with Crippen molar-refractivity contribution in [2.45, 2.75) is 82.6 Å². The molecule has 4 aliphatic heterocycles. The summed E-state index contributed by atoms with van der Waals surface area (Å²) >= 11 is 0. The summed E-state index contributed by atoms with van der Waals surface area (Å²) in [7, 11) is 0.938. The standard InChI is InChI=1S/C51H61FN11O6P/c1-6-31-21-41(56-51-53-28-38(32-27-54-59(2)29-32)48(58-51)55-40-9-7-8-10-46(40)70(4,5)67)45(68-3)26-43(31)62-15-13-34(14-16-62)60-17-19-61(20-18-60)35-24-36(25-35)69-44-23-33(52)22-37-39(44)30-63(50(37)66)42-11-12-47(64)57-49(42)65/h7-10,21-23,26-29,34-36,42H,6,11-20,24-25,30H2,1-5H3,(H,57,64,65)(H2,53,55,56,58). The van der Waals surface area contributed by atoms with E-state index >= 15 is 0 Å². The third-order valence-corrected chi connectivity index (χ3v) is 16.3. The molecule has 3 amide bonds. The highest BCUT2D eigenvalue weighted by molar-refractivity contribution is 7.70. The first-order valence-electron chi connectivity index (χ1n) is 24.3. The van der Waals surface area contributed by atoms with Gasteiger partial charge < -0.3 is 34.5 Å². The number of piperidine rings is 2. The number of carbonyl (C=O) groups excluding carboxylic acids is 3. The van der Waals surface area contributed by atoms with Crippen LogP contribution in [-0.2, 0) is 34.2 Å². The van der Waals surface area contributed by atoms with E-state index in [1.165, 1.54) is 28.3 Å². The zero-order chi connectivity index (χ0) is 48.8. The zero-order valence-electron chi connectivity index (χ0n) is 40.4. The molecule has 3 N–H and O–H groups in total. The van der Waals surface area contributed by atoms with Gasteiger partial charge in [-0.15, -0.1) is 0 Å². The summed E-state index contributed by atoms with van der Waals surface area (Å²) < 4.78 is 42.2. The molecule has 10 rings (SSSR count). The predicted octanol–water partition coefficient (Wildman–Crippen LogP) is 6.28. The van der Waals surface area contributed by atoms with Crippen LogP contribution in [0.25, 0.3) is 11.1 Å². The topological polar surface area (TPSA) is 179 Å². The van der Waals surface area contributed by atoms with Gasteiger partial charge in [0.15, 0.2) is 0 Å². The average Bonchev–Trinajstić information content (AvgIpc) is 3.91. The molecule has 1 saturated carbocycles. The number of carbonyl (C=O) groups is 3. The Labute approximate surface area is 407 Å². The quantitative estimate of drug-likeness (QED) is 0.0837. The molecule has 70 heavy (non-hydrogen) atoms. The minimum Gasteiger partial charge on any atom is -0.494 e. The van der Waals surface area contributed by atoms with E-state index < -0.39 is 30.8 Å². The SMILES string of the molecule is CCc1cc(Nc2ncc(-c3cnn(C)c3)c(Nc3ccccc3P(C)(C)=O)n2)c(OC)cc1N1CCC(N2CCN(C3CC(Oc4cc(F)cc5c4CN(C4CCC(=O)NC4=O)C5=O)C3)CC2)CC1. The number of aromatic nitrogens is 4. The van der Waals surface area contributed by atoms with Gasteiger partial charge in [-0.1, -0.05) is 19.1 Å². The van der Waals surface area contributed by atoms with Crippen LogP contribution in [0.1, 0.15) is 66.9 Å². The second kappa shape index (κ2) is 19.4. The van der Waals surface area contributed by atoms with Gasteiger partial charge in [0.05, 0.1) is 36.8 Å². The van der Waals surface area contributed by atoms with Crippen molar-refractivity contribution < 1.29 is 32.8 Å². The molecular weight excluding hydrogens is 913 g/mol. The van der Waals surface area contributed by atoms with E-state index in [0.29, 0.717) is 40.9 Å². The van der Waals surface area contributed by atoms with E-state index in [2.05, 4.69) is 54.8 Å². The highest BCUT2D eigenvalue weighted by Crippen LogP contribution is 2.42. The Bertz CT molecular complexity index is 2870. The maximum absolute atomic E-state index is 14.8. The molecule has 368 valence electrons. The first kappa shape index (κ1) is 47.3. The molecule has 0 radical (unpaired) electrons. The number of piperazine rings is 1. The van der Waals surface area contributed by atoms with Gasteiger partial charge in [-0.2, -0.15) is 10.1 Å². The number of methoxy groups -OCH3 is 1. The number of aryl methyl sites for hydroxylation is 2. The smallest absolute Gasteiger partial charge is 0.255 e. The molecule has 19 heteroatoms. The number of imide groups is 1.